The molecule has 4 fully saturated rings. The second kappa shape index (κ2) is 37.5. The van der Waals surface area contributed by atoms with Gasteiger partial charge in [0.25, 0.3) is 4.38 Å². The van der Waals surface area contributed by atoms with E-state index in [1.54, 1.807) is 17.8 Å². The summed E-state index contributed by atoms with van der Waals surface area (Å²) in [4.78, 5) is 8.40. The molecule has 3 heterocycles. The molecule has 2 bridgehead atoms. The van der Waals surface area contributed by atoms with E-state index in [-0.39, 0.29) is 195 Å². The maximum absolute atomic E-state index is 13.7. The van der Waals surface area contributed by atoms with Crippen LogP contribution in [-0.4, -0.2) is 138 Å². The molecule has 12 rings (SSSR count). The number of hydrogen-bond donors (Lipinski definition) is 0. The molecule has 0 N–H and O–H groups in total. The molecule has 0 radical (unpaired) electrons. The van der Waals surface area contributed by atoms with E-state index >= 15 is 0 Å². The predicted molar refractivity (Wildman–Crippen MR) is 342 cm³/mol. The van der Waals surface area contributed by atoms with Crippen LogP contribution in [-0.2, 0) is 183 Å². The molecule has 4 atom stereocenters. The van der Waals surface area contributed by atoms with Gasteiger partial charge in [-0.2, -0.15) is 121 Å². The average Bonchev–Trinajstić information content (AvgIpc) is 0.857. The van der Waals surface area contributed by atoms with Crippen molar-refractivity contribution < 1.29 is 191 Å². The fourth-order valence-corrected chi connectivity index (χ4v) is 19.5. The van der Waals surface area contributed by atoms with E-state index in [0.717, 1.165) is 124 Å². The first-order chi connectivity index (χ1) is 39.1. The number of methoxy groups -OCH3 is 1. The molecule has 1 spiro atoms. The number of nitrogens with zero attached hydrogens (tertiary/aromatic N) is 4. The Bertz CT molecular complexity index is 3480. The fourth-order valence-electron chi connectivity index (χ4n) is 13.1. The number of piperazine rings is 2. The van der Waals surface area contributed by atoms with E-state index in [1.807, 2.05) is 77.4 Å². The summed E-state index contributed by atoms with van der Waals surface area (Å²) in [5.74, 6) is 2.06. The third-order valence-electron chi connectivity index (χ3n) is 17.2. The number of ether oxygens (including phenoxy) is 1. The fraction of sp³-hybridized carbons (Fsp3) is 0.385. The van der Waals surface area contributed by atoms with Gasteiger partial charge in [-0.15, -0.1) is 43.8 Å². The molecule has 3 aliphatic carbocycles. The second-order valence-electron chi connectivity index (χ2n) is 21.7. The Hall–Kier alpha value is 1.51. The van der Waals surface area contributed by atoms with Crippen LogP contribution in [0.1, 0.15) is 71.4 Å². The molecule has 6 aromatic rings. The molecule has 0 aromatic heterocycles. The zero-order valence-electron chi connectivity index (χ0n) is 48.8. The number of benzene rings is 6. The van der Waals surface area contributed by atoms with E-state index < -0.39 is 16.0 Å². The van der Waals surface area contributed by atoms with Gasteiger partial charge in [0.2, 0.25) is 0 Å². The number of thiocarbonyl (C=S) groups is 1. The van der Waals surface area contributed by atoms with Gasteiger partial charge in [-0.05, 0) is 128 Å². The molecular formula is C65H66N4O4S7W8-4. The smallest absolute Gasteiger partial charge is 0.270 e. The second-order valence-corrected chi connectivity index (χ2v) is 29.6. The summed E-state index contributed by atoms with van der Waals surface area (Å²) in [7, 11) is -3.47. The maximum Gasteiger partial charge on any atom is 0.270 e. The van der Waals surface area contributed by atoms with Crippen molar-refractivity contribution in [3.8, 4) is 5.75 Å². The Morgan fingerprint density at radius 1 is 0.727 bits per heavy atom. The van der Waals surface area contributed by atoms with Crippen LogP contribution in [0.4, 0.5) is 0 Å². The molecule has 464 valence electrons. The van der Waals surface area contributed by atoms with Crippen molar-refractivity contribution in [1.82, 2.24) is 14.7 Å². The van der Waals surface area contributed by atoms with Crippen molar-refractivity contribution in [2.45, 2.75) is 51.9 Å². The predicted octanol–water partition coefficient (Wildman–Crippen LogP) is 13.2. The Balaban J connectivity index is 0.00000207. The monoisotopic (exact) mass is 2660 g/mol. The van der Waals surface area contributed by atoms with Crippen molar-refractivity contribution in [1.29, 1.82) is 0 Å². The Morgan fingerprint density at radius 2 is 1.27 bits per heavy atom. The minimum absolute atomic E-state index is 0. The quantitative estimate of drug-likeness (QED) is 0.0135. The molecule has 6 aliphatic rings. The average molecular weight is 2660 g/mol. The summed E-state index contributed by atoms with van der Waals surface area (Å²) in [6.45, 7) is 10.3. The van der Waals surface area contributed by atoms with Crippen LogP contribution in [0.5, 0.6) is 5.75 Å². The standard InChI is InChI=1S/C65H67N4O4S7.8W/c1-73-46-26-27-53(60(41-46)80(70,71)72)61-54(42-56-47-16-4-6-20-51(47)62(52-21-7-5-17-48(52)56)77-63(74)68-34-30-66(31-35-68)28-12-14-38-75-2)44-24-25-45(40-44)55(61)43-57-49-18-8-10-22-58(49)65(59-23-11-9-19-50(57)59)78-64(79-65)69-36-32-67(33-37-69)29-13-15-39-76-3;;;;;;;;/h4-5,8-9,16-27,41-45,55,61H,12-15,28-40H2,1-3H3,(H,70,71,72);;;;;;;;/q-3;;;;;;;;/p-1/t44-,45+,55?,61?;;;;;;;;/m1......../s1. The van der Waals surface area contributed by atoms with E-state index in [4.69, 9.17) is 17.0 Å². The molecular weight excluding hydrogens is 2600 g/mol. The van der Waals surface area contributed by atoms with Gasteiger partial charge in [-0.1, -0.05) is 76.0 Å². The van der Waals surface area contributed by atoms with Crippen LogP contribution >= 0.6 is 71.0 Å². The molecule has 3 aliphatic heterocycles. The third-order valence-corrected chi connectivity index (χ3v) is 24.3. The Kier molecular flexibility index (Phi) is 34.9. The van der Waals surface area contributed by atoms with Crippen LogP contribution in [0.25, 0.3) is 33.2 Å². The number of rotatable bonds is 16. The van der Waals surface area contributed by atoms with Crippen LogP contribution in [0.2, 0.25) is 0 Å². The SMILES string of the molecule is COc1ccc(C2C(=Cc3c4cc[c-]cc4c(SC(=S)N4CCN(CCCCSC)CC4)c4c[c-]ccc34)[C@@H]3C=C[C@@H](C3)C2C=C2c3cc[c-]cc3C3(SC(=[N+]4CCN(CCCCSC)CC4)S3)c3c[c-]ccc32)c(S(=O)(=O)[O-])c1.[W].[W].[W].[W].[W].[W].[W].[W]. The minimum atomic E-state index is -4.97. The Morgan fingerprint density at radius 3 is 1.82 bits per heavy atom. The first-order valence-corrected chi connectivity index (χ1v) is 35.0. The summed E-state index contributed by atoms with van der Waals surface area (Å²) in [6.07, 6.45) is 19.6. The van der Waals surface area contributed by atoms with Gasteiger partial charge < -0.3 is 14.2 Å². The van der Waals surface area contributed by atoms with Gasteiger partial charge in [0.05, 0.1) is 25.1 Å². The molecule has 6 aromatic carbocycles. The summed E-state index contributed by atoms with van der Waals surface area (Å²) in [5, 5.41) is 4.22. The summed E-state index contributed by atoms with van der Waals surface area (Å²) in [5.41, 5.74) is 8.41. The van der Waals surface area contributed by atoms with E-state index in [2.05, 4.69) is 129 Å². The van der Waals surface area contributed by atoms with Crippen LogP contribution < -0.4 is 4.74 Å². The topological polar surface area (TPSA) is 79.2 Å². The van der Waals surface area contributed by atoms with Gasteiger partial charge in [0.1, 0.15) is 20.2 Å². The zero-order valence-corrected chi connectivity index (χ0v) is 78.0. The number of unbranched alkanes of at least 4 members (excludes halogenated alkanes) is 2. The minimum Gasteiger partial charge on any atom is -0.744 e. The normalized spacial score (nSPS) is 21.3. The van der Waals surface area contributed by atoms with Gasteiger partial charge in [0.15, 0.2) is 13.1 Å². The van der Waals surface area contributed by atoms with Crippen molar-refractivity contribution in [3.63, 3.8) is 0 Å². The number of hydrogen-bond acceptors (Lipinski definition) is 12. The van der Waals surface area contributed by atoms with Crippen molar-refractivity contribution in [2.75, 3.05) is 96.6 Å². The molecule has 23 heteroatoms. The van der Waals surface area contributed by atoms with Crippen molar-refractivity contribution in [2.24, 2.45) is 17.8 Å². The van der Waals surface area contributed by atoms with Gasteiger partial charge in [-0.3, -0.25) is 9.80 Å². The van der Waals surface area contributed by atoms with Crippen LogP contribution in [0.15, 0.2) is 125 Å². The van der Waals surface area contributed by atoms with Gasteiger partial charge in [0, 0.05) is 205 Å². The Labute approximate surface area is 663 Å². The number of thioether (sulfide) groups is 5. The molecule has 0 amide bonds. The van der Waals surface area contributed by atoms with Crippen molar-refractivity contribution in [3.05, 3.63) is 172 Å². The van der Waals surface area contributed by atoms with E-state index in [1.165, 1.54) is 72.4 Å². The molecule has 8 nitrogen and oxygen atoms in total. The van der Waals surface area contributed by atoms with E-state index in [9.17, 15) is 13.0 Å². The summed E-state index contributed by atoms with van der Waals surface area (Å²) in [6, 6.07) is 44.1. The summed E-state index contributed by atoms with van der Waals surface area (Å²) >= 11 is 15.7. The summed E-state index contributed by atoms with van der Waals surface area (Å²) < 4.78 is 51.2. The molecule has 2 unspecified atom stereocenters. The largest absolute Gasteiger partial charge is 0.744 e. The van der Waals surface area contributed by atoms with Crippen molar-refractivity contribution >= 4 is 123 Å². The number of allylic oxidation sites excluding steroid dienone is 4. The first kappa shape index (κ1) is 81.9. The first-order valence-electron chi connectivity index (χ1n) is 28.0. The van der Waals surface area contributed by atoms with Crippen LogP contribution in [0.3, 0.4) is 0 Å². The van der Waals surface area contributed by atoms with Gasteiger partial charge >= 0.3 is 0 Å². The van der Waals surface area contributed by atoms with Gasteiger partial charge in [-0.25, -0.2) is 13.0 Å². The molecule has 1 saturated carbocycles. The zero-order chi connectivity index (χ0) is 55.0. The molecule has 3 saturated heterocycles. The maximum atomic E-state index is 13.7. The molecule has 88 heavy (non-hydrogen) atoms. The third kappa shape index (κ3) is 17.5. The van der Waals surface area contributed by atoms with Crippen LogP contribution in [0, 0.1) is 42.0 Å². The number of fused-ring (bicyclic) bond motifs is 8. The van der Waals surface area contributed by atoms with E-state index in [0.29, 0.717) is 11.3 Å².